The molecule has 4 nitrogen and oxygen atoms in total. The lowest BCUT2D eigenvalue weighted by Crippen LogP contribution is -2.35. The fourth-order valence-electron chi connectivity index (χ4n) is 3.34. The Labute approximate surface area is 159 Å². The number of amides is 1. The van der Waals surface area contributed by atoms with Crippen molar-refractivity contribution in [3.05, 3.63) is 53.6 Å². The molecule has 0 aromatic heterocycles. The summed E-state index contributed by atoms with van der Waals surface area (Å²) in [5.74, 6) is 1.42. The van der Waals surface area contributed by atoms with Crippen molar-refractivity contribution in [2.75, 3.05) is 14.2 Å². The number of nitrogens with one attached hydrogen (secondary N) is 1. The third-order valence-corrected chi connectivity index (χ3v) is 5.82. The molecule has 1 N–H and O–H groups in total. The molecule has 2 aromatic carbocycles. The van der Waals surface area contributed by atoms with Crippen molar-refractivity contribution < 1.29 is 14.3 Å². The van der Waals surface area contributed by atoms with Gasteiger partial charge in [-0.1, -0.05) is 24.3 Å². The van der Waals surface area contributed by atoms with E-state index >= 15 is 0 Å². The first-order valence-corrected chi connectivity index (χ1v) is 9.77. The van der Waals surface area contributed by atoms with Crippen LogP contribution >= 0.6 is 11.8 Å². The average molecular weight is 372 g/mol. The molecule has 0 heterocycles. The van der Waals surface area contributed by atoms with Gasteiger partial charge in [-0.3, -0.25) is 4.79 Å². The highest BCUT2D eigenvalue weighted by Crippen LogP contribution is 2.34. The second-order valence-electron chi connectivity index (χ2n) is 6.43. The molecule has 1 amide bonds. The molecule has 26 heavy (non-hydrogen) atoms. The van der Waals surface area contributed by atoms with Gasteiger partial charge in [-0.15, -0.1) is 11.8 Å². The van der Waals surface area contributed by atoms with E-state index in [1.807, 2.05) is 31.2 Å². The second-order valence-corrected chi connectivity index (χ2v) is 7.84. The van der Waals surface area contributed by atoms with Gasteiger partial charge < -0.3 is 14.8 Å². The Bertz CT molecular complexity index is 778. The van der Waals surface area contributed by atoms with Gasteiger partial charge in [-0.25, -0.2) is 0 Å². The summed E-state index contributed by atoms with van der Waals surface area (Å²) < 4.78 is 10.6. The van der Waals surface area contributed by atoms with Crippen LogP contribution in [0.25, 0.3) is 0 Å². The predicted octanol–water partition coefficient (Wildman–Crippen LogP) is 4.38. The number of carbonyl (C=O) groups is 1. The van der Waals surface area contributed by atoms with E-state index < -0.39 is 0 Å². The Hall–Kier alpha value is -2.14. The third-order valence-electron chi connectivity index (χ3n) is 4.72. The summed E-state index contributed by atoms with van der Waals surface area (Å²) in [6, 6.07) is 14.2. The molecular formula is C21H25NO3S. The number of methoxy groups -OCH3 is 2. The summed E-state index contributed by atoms with van der Waals surface area (Å²) in [6.45, 7) is 1.94. The predicted molar refractivity (Wildman–Crippen MR) is 105 cm³/mol. The molecule has 2 aromatic rings. The maximum Gasteiger partial charge on any atom is 0.233 e. The first-order chi connectivity index (χ1) is 12.6. The standard InChI is InChI=1S/C21H25NO3S/c1-14(26-16-11-12-19(24-2)20(13-16)25-3)21(23)22-18-10-6-8-15-7-4-5-9-17(15)18/h4-5,7,9,11-14,18H,6,8,10H2,1-3H3,(H,22,23)/t14-,18+/m1/s1. The minimum Gasteiger partial charge on any atom is -0.493 e. The minimum atomic E-state index is -0.192. The molecule has 0 bridgehead atoms. The number of hydrogen-bond donors (Lipinski definition) is 1. The molecule has 1 aliphatic carbocycles. The van der Waals surface area contributed by atoms with E-state index in [0.717, 1.165) is 24.2 Å². The summed E-state index contributed by atoms with van der Waals surface area (Å²) in [6.07, 6.45) is 3.20. The van der Waals surface area contributed by atoms with Gasteiger partial charge in [0.05, 0.1) is 25.5 Å². The zero-order valence-corrected chi connectivity index (χ0v) is 16.3. The van der Waals surface area contributed by atoms with Crippen LogP contribution < -0.4 is 14.8 Å². The third kappa shape index (κ3) is 4.15. The van der Waals surface area contributed by atoms with E-state index in [1.165, 1.54) is 22.9 Å². The maximum absolute atomic E-state index is 12.7. The summed E-state index contributed by atoms with van der Waals surface area (Å²) in [5, 5.41) is 3.04. The number of rotatable bonds is 6. The van der Waals surface area contributed by atoms with Gasteiger partial charge in [-0.2, -0.15) is 0 Å². The summed E-state index contributed by atoms with van der Waals surface area (Å²) in [5.41, 5.74) is 2.61. The van der Waals surface area contributed by atoms with Crippen molar-refractivity contribution in [3.63, 3.8) is 0 Å². The monoisotopic (exact) mass is 371 g/mol. The van der Waals surface area contributed by atoms with Gasteiger partial charge in [0.1, 0.15) is 0 Å². The van der Waals surface area contributed by atoms with E-state index in [1.54, 1.807) is 14.2 Å². The van der Waals surface area contributed by atoms with E-state index in [2.05, 4.69) is 23.5 Å². The smallest absolute Gasteiger partial charge is 0.233 e. The Kier molecular flexibility index (Phi) is 6.09. The maximum atomic E-state index is 12.7. The topological polar surface area (TPSA) is 47.6 Å². The molecule has 2 atom stereocenters. The van der Waals surface area contributed by atoms with Crippen LogP contribution in [-0.2, 0) is 11.2 Å². The van der Waals surface area contributed by atoms with Crippen LogP contribution in [0.5, 0.6) is 11.5 Å². The van der Waals surface area contributed by atoms with Crippen molar-refractivity contribution in [2.24, 2.45) is 0 Å². The number of thioether (sulfide) groups is 1. The second kappa shape index (κ2) is 8.49. The van der Waals surface area contributed by atoms with Crippen molar-refractivity contribution >= 4 is 17.7 Å². The molecule has 0 aliphatic heterocycles. The lowest BCUT2D eigenvalue weighted by Gasteiger charge is -2.27. The molecule has 3 rings (SSSR count). The Morgan fingerprint density at radius 3 is 2.69 bits per heavy atom. The van der Waals surface area contributed by atoms with E-state index in [0.29, 0.717) is 11.5 Å². The van der Waals surface area contributed by atoms with Crippen LogP contribution in [0.15, 0.2) is 47.4 Å². The summed E-state index contributed by atoms with van der Waals surface area (Å²) in [4.78, 5) is 13.7. The molecule has 0 unspecified atom stereocenters. The molecule has 0 radical (unpaired) electrons. The lowest BCUT2D eigenvalue weighted by atomic mass is 9.88. The molecule has 1 aliphatic rings. The van der Waals surface area contributed by atoms with Gasteiger partial charge in [-0.05, 0) is 55.5 Å². The van der Waals surface area contributed by atoms with Gasteiger partial charge in [0.15, 0.2) is 11.5 Å². The number of aryl methyl sites for hydroxylation is 1. The number of ether oxygens (including phenoxy) is 2. The molecule has 0 saturated carbocycles. The zero-order chi connectivity index (χ0) is 18.5. The summed E-state index contributed by atoms with van der Waals surface area (Å²) >= 11 is 1.52. The summed E-state index contributed by atoms with van der Waals surface area (Å²) in [7, 11) is 3.23. The van der Waals surface area contributed by atoms with Crippen molar-refractivity contribution in [1.29, 1.82) is 0 Å². The zero-order valence-electron chi connectivity index (χ0n) is 15.5. The van der Waals surface area contributed by atoms with Gasteiger partial charge >= 0.3 is 0 Å². The number of fused-ring (bicyclic) bond motifs is 1. The van der Waals surface area contributed by atoms with Crippen LogP contribution in [0.4, 0.5) is 0 Å². The Morgan fingerprint density at radius 2 is 1.92 bits per heavy atom. The van der Waals surface area contributed by atoms with Gasteiger partial charge in [0.25, 0.3) is 0 Å². The Balaban J connectivity index is 1.66. The van der Waals surface area contributed by atoms with E-state index in [9.17, 15) is 4.79 Å². The van der Waals surface area contributed by atoms with Crippen LogP contribution in [0, 0.1) is 0 Å². The van der Waals surface area contributed by atoms with E-state index in [-0.39, 0.29) is 17.2 Å². The average Bonchev–Trinajstić information content (AvgIpc) is 2.68. The van der Waals surface area contributed by atoms with E-state index in [4.69, 9.17) is 9.47 Å². The molecule has 5 heteroatoms. The van der Waals surface area contributed by atoms with Crippen LogP contribution in [0.3, 0.4) is 0 Å². The fraction of sp³-hybridized carbons (Fsp3) is 0.381. The van der Waals surface area contributed by atoms with Gasteiger partial charge in [0, 0.05) is 4.90 Å². The van der Waals surface area contributed by atoms with Gasteiger partial charge in [0.2, 0.25) is 5.91 Å². The first-order valence-electron chi connectivity index (χ1n) is 8.89. The normalized spacial score (nSPS) is 17.1. The highest BCUT2D eigenvalue weighted by molar-refractivity contribution is 8.00. The Morgan fingerprint density at radius 1 is 1.15 bits per heavy atom. The minimum absolute atomic E-state index is 0.0616. The number of benzene rings is 2. The lowest BCUT2D eigenvalue weighted by molar-refractivity contribution is -0.121. The largest absolute Gasteiger partial charge is 0.493 e. The van der Waals surface area contributed by atoms with Crippen molar-refractivity contribution in [2.45, 2.75) is 42.4 Å². The highest BCUT2D eigenvalue weighted by Gasteiger charge is 2.24. The fourth-order valence-corrected chi connectivity index (χ4v) is 4.25. The quantitative estimate of drug-likeness (QED) is 0.766. The van der Waals surface area contributed by atoms with Crippen LogP contribution in [0.2, 0.25) is 0 Å². The number of hydrogen-bond acceptors (Lipinski definition) is 4. The van der Waals surface area contributed by atoms with Crippen LogP contribution in [0.1, 0.15) is 36.9 Å². The molecule has 0 spiro atoms. The molecular weight excluding hydrogens is 346 g/mol. The highest BCUT2D eigenvalue weighted by atomic mass is 32.2. The van der Waals surface area contributed by atoms with Crippen LogP contribution in [-0.4, -0.2) is 25.4 Å². The molecule has 0 fully saturated rings. The van der Waals surface area contributed by atoms with Crippen molar-refractivity contribution in [1.82, 2.24) is 5.32 Å². The number of carbonyl (C=O) groups excluding carboxylic acids is 1. The first kappa shape index (κ1) is 18.6. The van der Waals surface area contributed by atoms with Crippen molar-refractivity contribution in [3.8, 4) is 11.5 Å². The molecule has 0 saturated heterocycles. The SMILES string of the molecule is COc1ccc(S[C@H](C)C(=O)N[C@H]2CCCc3ccccc32)cc1OC. The molecule has 138 valence electrons.